The fraction of sp³-hybridized carbons (Fsp3) is 0.667. The molecule has 39 heavy (non-hydrogen) atoms. The zero-order valence-corrected chi connectivity index (χ0v) is 24.0. The molecule has 9 heteroatoms. The number of carbonyl (C=O) groups is 2. The van der Waals surface area contributed by atoms with Gasteiger partial charge in [0.2, 0.25) is 0 Å². The first kappa shape index (κ1) is 26.6. The summed E-state index contributed by atoms with van der Waals surface area (Å²) in [5.41, 5.74) is 3.46. The van der Waals surface area contributed by atoms with E-state index in [-0.39, 0.29) is 6.03 Å². The minimum atomic E-state index is -0.444. The Morgan fingerprint density at radius 1 is 1.10 bits per heavy atom. The Bertz CT molecular complexity index is 1230. The third kappa shape index (κ3) is 4.93. The summed E-state index contributed by atoms with van der Waals surface area (Å²) in [4.78, 5) is 35.8. The van der Waals surface area contributed by atoms with Gasteiger partial charge in [0.25, 0.3) is 0 Å². The second kappa shape index (κ2) is 10.7. The lowest BCUT2D eigenvalue weighted by molar-refractivity contribution is -0.0139. The largest absolute Gasteiger partial charge is 0.412 e. The smallest absolute Gasteiger partial charge is 0.410 e. The quantitative estimate of drug-likeness (QED) is 0.633. The maximum absolute atomic E-state index is 14.3. The molecule has 2 aromatic rings. The molecule has 7 rings (SSSR count). The highest BCUT2D eigenvalue weighted by molar-refractivity contribution is 5.97. The van der Waals surface area contributed by atoms with Gasteiger partial charge >= 0.3 is 12.1 Å². The Morgan fingerprint density at radius 3 is 2.64 bits per heavy atom. The van der Waals surface area contributed by atoms with Crippen LogP contribution in [0.5, 0.6) is 5.75 Å². The van der Waals surface area contributed by atoms with Gasteiger partial charge in [0.05, 0.1) is 5.52 Å². The Hall–Kier alpha value is -2.62. The van der Waals surface area contributed by atoms with E-state index in [2.05, 4.69) is 33.7 Å². The minimum Gasteiger partial charge on any atom is -0.410 e. The number of piperidine rings is 2. The number of hydrogen-bond donors (Lipinski definition) is 1. The molecule has 1 aromatic carbocycles. The number of aromatic nitrogens is 1. The average Bonchev–Trinajstić information content (AvgIpc) is 3.18. The minimum absolute atomic E-state index is 0.104. The van der Waals surface area contributed by atoms with Crippen molar-refractivity contribution >= 4 is 23.0 Å². The highest BCUT2D eigenvalue weighted by Crippen LogP contribution is 2.52. The molecule has 212 valence electrons. The molecule has 1 aliphatic carbocycles. The number of piperazine rings is 1. The van der Waals surface area contributed by atoms with Crippen molar-refractivity contribution in [1.29, 1.82) is 0 Å². The maximum atomic E-state index is 14.3. The lowest BCUT2D eigenvalue weighted by Gasteiger charge is -2.53. The fourth-order valence-electron chi connectivity index (χ4n) is 7.76. The van der Waals surface area contributed by atoms with E-state index in [0.29, 0.717) is 36.1 Å². The van der Waals surface area contributed by atoms with Gasteiger partial charge in [-0.3, -0.25) is 9.47 Å². The maximum Gasteiger partial charge on any atom is 0.412 e. The predicted molar refractivity (Wildman–Crippen MR) is 153 cm³/mol. The van der Waals surface area contributed by atoms with Crippen molar-refractivity contribution in [1.82, 2.24) is 29.5 Å². The normalized spacial score (nSPS) is 28.4. The molecule has 1 aromatic heterocycles. The highest BCUT2D eigenvalue weighted by Gasteiger charge is 2.50. The molecular weight excluding hydrogens is 492 g/mol. The molecule has 4 aliphatic heterocycles. The van der Waals surface area contributed by atoms with Crippen molar-refractivity contribution in [3.8, 4) is 5.75 Å². The lowest BCUT2D eigenvalue weighted by atomic mass is 9.65. The monoisotopic (exact) mass is 536 g/mol. The first-order valence-electron chi connectivity index (χ1n) is 14.8. The summed E-state index contributed by atoms with van der Waals surface area (Å²) in [5.74, 6) is 2.27. The van der Waals surface area contributed by atoms with Crippen molar-refractivity contribution in [2.24, 2.45) is 11.8 Å². The third-order valence-corrected chi connectivity index (χ3v) is 9.65. The lowest BCUT2D eigenvalue weighted by Crippen LogP contribution is -2.56. The molecule has 5 aliphatic rings. The van der Waals surface area contributed by atoms with E-state index in [9.17, 15) is 9.59 Å². The zero-order chi connectivity index (χ0) is 27.3. The average molecular weight is 537 g/mol. The van der Waals surface area contributed by atoms with Gasteiger partial charge in [-0.1, -0.05) is 13.3 Å². The standard InChI is InChI=1S/C30H44N6O3/c1-5-21-16-20-17-25-27(21)35(19-20)10-8-23-24-18-22(39-29(37)31-9-11-32(2)3)6-7-26(24)36(28(23)25)30(38)34-14-12-33(4)13-15-34/h6-7,18,20-21,25,27H,5,8-17,19H2,1-4H3,(H,31,37)/t20-,21+,25-,27+/m1/s1. The van der Waals surface area contributed by atoms with Gasteiger partial charge in [-0.05, 0) is 76.0 Å². The second-order valence-corrected chi connectivity index (χ2v) is 12.4. The van der Waals surface area contributed by atoms with Crippen molar-refractivity contribution in [2.45, 2.75) is 44.6 Å². The molecule has 5 heterocycles. The molecule has 4 bridgehead atoms. The highest BCUT2D eigenvalue weighted by atomic mass is 16.6. The van der Waals surface area contributed by atoms with Gasteiger partial charge in [0.15, 0.2) is 0 Å². The van der Waals surface area contributed by atoms with Crippen LogP contribution < -0.4 is 10.1 Å². The van der Waals surface area contributed by atoms with Gasteiger partial charge < -0.3 is 24.8 Å². The van der Waals surface area contributed by atoms with Crippen LogP contribution in [0.3, 0.4) is 0 Å². The molecule has 1 saturated carbocycles. The van der Waals surface area contributed by atoms with Crippen LogP contribution in [0.4, 0.5) is 9.59 Å². The van der Waals surface area contributed by atoms with Crippen LogP contribution in [-0.4, -0.2) is 116 Å². The number of rotatable bonds is 5. The van der Waals surface area contributed by atoms with Crippen LogP contribution in [0.25, 0.3) is 10.9 Å². The van der Waals surface area contributed by atoms with Gasteiger partial charge in [-0.2, -0.15) is 0 Å². The summed E-state index contributed by atoms with van der Waals surface area (Å²) >= 11 is 0. The number of nitrogens with one attached hydrogen (secondary N) is 1. The van der Waals surface area contributed by atoms with E-state index in [1.165, 1.54) is 30.6 Å². The van der Waals surface area contributed by atoms with Gasteiger partial charge in [0.1, 0.15) is 5.75 Å². The van der Waals surface area contributed by atoms with Crippen LogP contribution in [0, 0.1) is 11.8 Å². The summed E-state index contributed by atoms with van der Waals surface area (Å²) in [5, 5.41) is 3.89. The van der Waals surface area contributed by atoms with E-state index < -0.39 is 6.09 Å². The number of amides is 2. The first-order valence-corrected chi connectivity index (χ1v) is 14.8. The molecular formula is C30H44N6O3. The van der Waals surface area contributed by atoms with E-state index in [4.69, 9.17) is 4.74 Å². The Morgan fingerprint density at radius 2 is 1.90 bits per heavy atom. The molecule has 5 atom stereocenters. The first-order chi connectivity index (χ1) is 18.8. The van der Waals surface area contributed by atoms with Gasteiger partial charge in [0, 0.05) is 75.4 Å². The van der Waals surface area contributed by atoms with E-state index >= 15 is 0 Å². The number of ether oxygens (including phenoxy) is 1. The van der Waals surface area contributed by atoms with Gasteiger partial charge in [-0.15, -0.1) is 0 Å². The molecule has 0 radical (unpaired) electrons. The van der Waals surface area contributed by atoms with Crippen LogP contribution in [0.1, 0.15) is 43.4 Å². The van der Waals surface area contributed by atoms with Crippen molar-refractivity contribution in [2.75, 3.05) is 73.5 Å². The third-order valence-electron chi connectivity index (χ3n) is 9.65. The Balaban J connectivity index is 1.40. The number of carbonyl (C=O) groups excluding carboxylic acids is 2. The van der Waals surface area contributed by atoms with Crippen molar-refractivity contribution < 1.29 is 14.3 Å². The SMILES string of the molecule is CC[C@H]1C[C@@H]2C[C@H]3c4c(c5cc(OC(=O)NCCN(C)C)ccc5n4C(=O)N4CCN(C)CC4)CCN(C2)[C@@H]13. The molecule has 9 nitrogen and oxygen atoms in total. The number of benzene rings is 1. The molecule has 1 N–H and O–H groups in total. The second-order valence-electron chi connectivity index (χ2n) is 12.4. The summed E-state index contributed by atoms with van der Waals surface area (Å²) in [7, 11) is 6.07. The van der Waals surface area contributed by atoms with Crippen LogP contribution >= 0.6 is 0 Å². The number of hydrogen-bond acceptors (Lipinski definition) is 6. The Labute approximate surface area is 232 Å². The molecule has 3 saturated heterocycles. The molecule has 0 spiro atoms. The van der Waals surface area contributed by atoms with Crippen molar-refractivity contribution in [3.05, 3.63) is 29.5 Å². The van der Waals surface area contributed by atoms with E-state index in [1.54, 1.807) is 0 Å². The molecule has 1 unspecified atom stereocenters. The summed E-state index contributed by atoms with van der Waals surface area (Å²) in [6.07, 6.45) is 4.15. The van der Waals surface area contributed by atoms with Crippen molar-refractivity contribution in [3.63, 3.8) is 0 Å². The summed E-state index contributed by atoms with van der Waals surface area (Å²) in [6, 6.07) is 6.44. The van der Waals surface area contributed by atoms with E-state index in [0.717, 1.165) is 63.0 Å². The topological polar surface area (TPSA) is 73.3 Å². The summed E-state index contributed by atoms with van der Waals surface area (Å²) in [6.45, 7) is 9.11. The fourth-order valence-corrected chi connectivity index (χ4v) is 7.76. The van der Waals surface area contributed by atoms with Crippen LogP contribution in [-0.2, 0) is 6.42 Å². The Kier molecular flexibility index (Phi) is 7.33. The zero-order valence-electron chi connectivity index (χ0n) is 24.0. The van der Waals surface area contributed by atoms with Crippen LogP contribution in [0.2, 0.25) is 0 Å². The predicted octanol–water partition coefficient (Wildman–Crippen LogP) is 3.27. The molecule has 4 fully saturated rings. The number of fused-ring (bicyclic) bond motifs is 4. The van der Waals surface area contributed by atoms with Crippen LogP contribution in [0.15, 0.2) is 18.2 Å². The summed E-state index contributed by atoms with van der Waals surface area (Å²) < 4.78 is 7.77. The molecule has 2 amide bonds. The van der Waals surface area contributed by atoms with Gasteiger partial charge in [-0.25, -0.2) is 9.59 Å². The van der Waals surface area contributed by atoms with E-state index in [1.807, 2.05) is 42.1 Å². The number of likely N-dealkylation sites (N-methyl/N-ethyl adjacent to an activating group) is 2. The number of nitrogens with zero attached hydrogens (tertiary/aromatic N) is 5.